The number of aliphatic imine (C=N–C) groups is 1. The molecule has 0 aliphatic carbocycles. The molecule has 1 saturated heterocycles. The van der Waals surface area contributed by atoms with Crippen LogP contribution in [-0.2, 0) is 0 Å². The van der Waals surface area contributed by atoms with Gasteiger partial charge in [-0.25, -0.2) is 0 Å². The second-order valence-corrected chi connectivity index (χ2v) is 5.13. The first-order valence-corrected chi connectivity index (χ1v) is 7.01. The molecule has 0 saturated carbocycles. The first-order chi connectivity index (χ1) is 8.76. The summed E-state index contributed by atoms with van der Waals surface area (Å²) in [6.07, 6.45) is 2.49. The molecule has 0 aromatic heterocycles. The van der Waals surface area contributed by atoms with Crippen LogP contribution in [-0.4, -0.2) is 37.3 Å². The molecule has 18 heavy (non-hydrogen) atoms. The molecule has 0 amide bonds. The number of benzene rings is 1. The van der Waals surface area contributed by atoms with Crippen LogP contribution in [0.1, 0.15) is 30.9 Å². The van der Waals surface area contributed by atoms with Crippen LogP contribution in [0.15, 0.2) is 29.3 Å². The van der Waals surface area contributed by atoms with E-state index in [0.29, 0.717) is 5.92 Å². The molecule has 1 aliphatic rings. The van der Waals surface area contributed by atoms with E-state index in [2.05, 4.69) is 48.0 Å². The molecule has 1 heterocycles. The molecule has 2 heteroatoms. The van der Waals surface area contributed by atoms with Gasteiger partial charge >= 0.3 is 0 Å². The molecule has 0 spiro atoms. The highest BCUT2D eigenvalue weighted by Crippen LogP contribution is 2.23. The third-order valence-electron chi connectivity index (χ3n) is 4.08. The Morgan fingerprint density at radius 3 is 2.50 bits per heavy atom. The van der Waals surface area contributed by atoms with Gasteiger partial charge in [0.15, 0.2) is 0 Å². The van der Waals surface area contributed by atoms with Crippen LogP contribution >= 0.6 is 0 Å². The summed E-state index contributed by atoms with van der Waals surface area (Å²) in [6.45, 7) is 8.03. The van der Waals surface area contributed by atoms with Crippen LogP contribution in [0.25, 0.3) is 0 Å². The lowest BCUT2D eigenvalue weighted by Crippen LogP contribution is -2.36. The quantitative estimate of drug-likeness (QED) is 0.746. The number of piperidine rings is 1. The summed E-state index contributed by atoms with van der Waals surface area (Å²) in [5, 5.41) is 0. The van der Waals surface area contributed by atoms with Crippen molar-refractivity contribution in [3.8, 4) is 0 Å². The monoisotopic (exact) mass is 244 g/mol. The molecule has 0 unspecified atom stereocenters. The van der Waals surface area contributed by atoms with Gasteiger partial charge in [-0.1, -0.05) is 31.2 Å². The van der Waals surface area contributed by atoms with Gasteiger partial charge in [0.05, 0.1) is 0 Å². The lowest BCUT2D eigenvalue weighted by atomic mass is 9.86. The van der Waals surface area contributed by atoms with Gasteiger partial charge in [0.1, 0.15) is 0 Å². The molecule has 0 N–H and O–H groups in total. The van der Waals surface area contributed by atoms with Gasteiger partial charge in [0.2, 0.25) is 0 Å². The predicted molar refractivity (Wildman–Crippen MR) is 78.5 cm³/mol. The van der Waals surface area contributed by atoms with Crippen molar-refractivity contribution < 1.29 is 0 Å². The molecule has 0 bridgehead atoms. The van der Waals surface area contributed by atoms with Crippen LogP contribution < -0.4 is 0 Å². The van der Waals surface area contributed by atoms with Crippen LogP contribution in [0.2, 0.25) is 0 Å². The normalized spacial score (nSPS) is 19.2. The molecular formula is C16H24N2. The summed E-state index contributed by atoms with van der Waals surface area (Å²) in [6, 6.07) is 8.62. The average Bonchev–Trinajstić information content (AvgIpc) is 2.42. The number of rotatable bonds is 3. The van der Waals surface area contributed by atoms with E-state index in [1.807, 2.05) is 7.05 Å². The van der Waals surface area contributed by atoms with E-state index < -0.39 is 0 Å². The third-order valence-corrected chi connectivity index (χ3v) is 4.08. The fraction of sp³-hybridized carbons (Fsp3) is 0.562. The summed E-state index contributed by atoms with van der Waals surface area (Å²) in [4.78, 5) is 7.12. The van der Waals surface area contributed by atoms with Crippen molar-refractivity contribution in [3.63, 3.8) is 0 Å². The highest BCUT2D eigenvalue weighted by molar-refractivity contribution is 6.03. The number of hydrogen-bond donors (Lipinski definition) is 0. The van der Waals surface area contributed by atoms with E-state index in [9.17, 15) is 0 Å². The minimum Gasteiger partial charge on any atom is -0.304 e. The van der Waals surface area contributed by atoms with Crippen molar-refractivity contribution in [2.24, 2.45) is 10.9 Å². The molecular weight excluding hydrogens is 220 g/mol. The van der Waals surface area contributed by atoms with E-state index in [1.165, 1.54) is 49.3 Å². The molecule has 1 aliphatic heterocycles. The summed E-state index contributed by atoms with van der Waals surface area (Å²) < 4.78 is 0. The largest absolute Gasteiger partial charge is 0.304 e. The van der Waals surface area contributed by atoms with E-state index in [0.717, 1.165) is 0 Å². The first-order valence-electron chi connectivity index (χ1n) is 7.01. The zero-order chi connectivity index (χ0) is 13.0. The Labute approximate surface area is 111 Å². The van der Waals surface area contributed by atoms with Crippen molar-refractivity contribution in [2.45, 2.75) is 26.7 Å². The average molecular weight is 244 g/mol. The van der Waals surface area contributed by atoms with Crippen molar-refractivity contribution in [1.29, 1.82) is 0 Å². The fourth-order valence-electron chi connectivity index (χ4n) is 2.91. The van der Waals surface area contributed by atoms with Crippen molar-refractivity contribution in [1.82, 2.24) is 4.90 Å². The lowest BCUT2D eigenvalue weighted by Gasteiger charge is -2.32. The molecule has 1 fully saturated rings. The van der Waals surface area contributed by atoms with Gasteiger partial charge in [-0.05, 0) is 50.5 Å². The van der Waals surface area contributed by atoms with Crippen molar-refractivity contribution >= 4 is 5.71 Å². The van der Waals surface area contributed by atoms with Gasteiger partial charge in [0.25, 0.3) is 0 Å². The Morgan fingerprint density at radius 2 is 1.94 bits per heavy atom. The minimum atomic E-state index is 0.638. The van der Waals surface area contributed by atoms with Crippen LogP contribution in [0.5, 0.6) is 0 Å². The van der Waals surface area contributed by atoms with E-state index in [4.69, 9.17) is 0 Å². The first kappa shape index (κ1) is 13.3. The molecule has 98 valence electrons. The topological polar surface area (TPSA) is 15.6 Å². The van der Waals surface area contributed by atoms with Crippen molar-refractivity contribution in [3.05, 3.63) is 35.4 Å². The Bertz CT molecular complexity index is 415. The maximum absolute atomic E-state index is 4.59. The molecule has 1 aromatic rings. The SMILES string of the molecule is CCN1CCC(C(=NC)c2ccccc2C)CC1. The zero-order valence-corrected chi connectivity index (χ0v) is 11.8. The van der Waals surface area contributed by atoms with Crippen LogP contribution in [0.3, 0.4) is 0 Å². The fourth-order valence-corrected chi connectivity index (χ4v) is 2.91. The highest BCUT2D eigenvalue weighted by Gasteiger charge is 2.23. The van der Waals surface area contributed by atoms with E-state index in [1.54, 1.807) is 0 Å². The summed E-state index contributed by atoms with van der Waals surface area (Å²) in [5.74, 6) is 0.638. The third kappa shape index (κ3) is 2.81. The second-order valence-electron chi connectivity index (χ2n) is 5.13. The predicted octanol–water partition coefficient (Wildman–Crippen LogP) is 3.15. The van der Waals surface area contributed by atoms with Gasteiger partial charge in [-0.15, -0.1) is 0 Å². The Balaban J connectivity index is 2.14. The van der Waals surface area contributed by atoms with E-state index in [-0.39, 0.29) is 0 Å². The second kappa shape index (κ2) is 6.14. The Morgan fingerprint density at radius 1 is 1.28 bits per heavy atom. The molecule has 1 aromatic carbocycles. The van der Waals surface area contributed by atoms with Gasteiger partial charge in [-0.2, -0.15) is 0 Å². The van der Waals surface area contributed by atoms with Crippen LogP contribution in [0.4, 0.5) is 0 Å². The standard InChI is InChI=1S/C16H24N2/c1-4-18-11-9-14(10-12-18)16(17-3)15-8-6-5-7-13(15)2/h5-8,14H,4,9-12H2,1-3H3. The van der Waals surface area contributed by atoms with Gasteiger partial charge < -0.3 is 4.90 Å². The molecule has 0 atom stereocenters. The number of hydrogen-bond acceptors (Lipinski definition) is 2. The molecule has 2 nitrogen and oxygen atoms in total. The summed E-state index contributed by atoms with van der Waals surface area (Å²) in [5.41, 5.74) is 4.00. The minimum absolute atomic E-state index is 0.638. The lowest BCUT2D eigenvalue weighted by molar-refractivity contribution is 0.219. The maximum Gasteiger partial charge on any atom is 0.0451 e. The number of likely N-dealkylation sites (tertiary alicyclic amines) is 1. The van der Waals surface area contributed by atoms with Crippen molar-refractivity contribution in [2.75, 3.05) is 26.7 Å². The molecule has 2 rings (SSSR count). The van der Waals surface area contributed by atoms with E-state index >= 15 is 0 Å². The smallest absolute Gasteiger partial charge is 0.0451 e. The van der Waals surface area contributed by atoms with Gasteiger partial charge in [-0.3, -0.25) is 4.99 Å². The molecule has 0 radical (unpaired) electrons. The van der Waals surface area contributed by atoms with Gasteiger partial charge in [0, 0.05) is 18.7 Å². The zero-order valence-electron chi connectivity index (χ0n) is 11.8. The van der Waals surface area contributed by atoms with Crippen LogP contribution in [0, 0.1) is 12.8 Å². The number of nitrogens with zero attached hydrogens (tertiary/aromatic N) is 2. The maximum atomic E-state index is 4.59. The highest BCUT2D eigenvalue weighted by atomic mass is 15.1. The summed E-state index contributed by atoms with van der Waals surface area (Å²) in [7, 11) is 1.94. The Hall–Kier alpha value is -1.15. The Kier molecular flexibility index (Phi) is 4.54. The number of aryl methyl sites for hydroxylation is 1. The summed E-state index contributed by atoms with van der Waals surface area (Å²) >= 11 is 0.